The lowest BCUT2D eigenvalue weighted by molar-refractivity contribution is 0.152. The second-order valence-corrected chi connectivity index (χ2v) is 5.98. The molecule has 1 heterocycles. The molecule has 0 saturated heterocycles. The van der Waals surface area contributed by atoms with Crippen LogP contribution in [0.2, 0.25) is 0 Å². The van der Waals surface area contributed by atoms with E-state index in [9.17, 15) is 0 Å². The van der Waals surface area contributed by atoms with E-state index in [4.69, 9.17) is 4.42 Å². The van der Waals surface area contributed by atoms with Gasteiger partial charge in [0.2, 0.25) is 5.89 Å². The third-order valence-corrected chi connectivity index (χ3v) is 3.97. The van der Waals surface area contributed by atoms with Gasteiger partial charge in [0, 0.05) is 6.04 Å². The second kappa shape index (κ2) is 4.81. The lowest BCUT2D eigenvalue weighted by Crippen LogP contribution is -2.45. The van der Waals surface area contributed by atoms with Gasteiger partial charge in [-0.25, -0.2) is 4.98 Å². The van der Waals surface area contributed by atoms with Crippen LogP contribution in [0.3, 0.4) is 0 Å². The number of nitrogens with one attached hydrogen (secondary N) is 1. The van der Waals surface area contributed by atoms with E-state index in [2.05, 4.69) is 31.1 Å². The van der Waals surface area contributed by atoms with Crippen molar-refractivity contribution in [2.75, 3.05) is 0 Å². The molecule has 3 nitrogen and oxygen atoms in total. The Hall–Kier alpha value is -0.830. The van der Waals surface area contributed by atoms with E-state index >= 15 is 0 Å². The van der Waals surface area contributed by atoms with Crippen molar-refractivity contribution < 1.29 is 4.42 Å². The molecule has 96 valence electrons. The van der Waals surface area contributed by atoms with E-state index in [-0.39, 0.29) is 6.04 Å². The maximum Gasteiger partial charge on any atom is 0.211 e. The highest BCUT2D eigenvalue weighted by atomic mass is 16.4. The van der Waals surface area contributed by atoms with Crippen LogP contribution in [0.1, 0.15) is 64.1 Å². The van der Waals surface area contributed by atoms with Crippen molar-refractivity contribution in [1.82, 2.24) is 10.3 Å². The standard InChI is InChI=1S/C14H24N2O/c1-10-9-15-13(17-10)11(2)16-12-7-5-6-8-14(12,3)4/h9,11-12,16H,5-8H2,1-4H3. The van der Waals surface area contributed by atoms with Crippen LogP contribution in [0.25, 0.3) is 0 Å². The summed E-state index contributed by atoms with van der Waals surface area (Å²) in [5, 5.41) is 3.68. The summed E-state index contributed by atoms with van der Waals surface area (Å²) in [6.07, 6.45) is 7.05. The molecule has 0 aliphatic heterocycles. The van der Waals surface area contributed by atoms with E-state index < -0.39 is 0 Å². The Labute approximate surface area is 104 Å². The summed E-state index contributed by atoms with van der Waals surface area (Å²) < 4.78 is 5.58. The number of aromatic nitrogens is 1. The SMILES string of the molecule is Cc1cnc(C(C)NC2CCCCC2(C)C)o1. The summed E-state index contributed by atoms with van der Waals surface area (Å²) in [5.74, 6) is 1.69. The average Bonchev–Trinajstić information content (AvgIpc) is 2.68. The first-order valence-electron chi connectivity index (χ1n) is 6.67. The lowest BCUT2D eigenvalue weighted by atomic mass is 9.73. The van der Waals surface area contributed by atoms with Crippen LogP contribution < -0.4 is 5.32 Å². The minimum atomic E-state index is 0.200. The lowest BCUT2D eigenvalue weighted by Gasteiger charge is -2.40. The largest absolute Gasteiger partial charge is 0.444 e. The Morgan fingerprint density at radius 2 is 2.24 bits per heavy atom. The molecule has 1 fully saturated rings. The summed E-state index contributed by atoms with van der Waals surface area (Å²) in [4.78, 5) is 4.30. The third kappa shape index (κ3) is 2.89. The zero-order valence-corrected chi connectivity index (χ0v) is 11.4. The van der Waals surface area contributed by atoms with Crippen LogP contribution in [-0.4, -0.2) is 11.0 Å². The van der Waals surface area contributed by atoms with Gasteiger partial charge in [0.15, 0.2) is 0 Å². The normalized spacial score (nSPS) is 25.8. The van der Waals surface area contributed by atoms with Crippen molar-refractivity contribution in [2.24, 2.45) is 5.41 Å². The van der Waals surface area contributed by atoms with Crippen molar-refractivity contribution in [3.05, 3.63) is 17.8 Å². The zero-order valence-electron chi connectivity index (χ0n) is 11.4. The highest BCUT2D eigenvalue weighted by Gasteiger charge is 2.33. The molecule has 1 N–H and O–H groups in total. The van der Waals surface area contributed by atoms with Crippen molar-refractivity contribution >= 4 is 0 Å². The fourth-order valence-corrected chi connectivity index (χ4v) is 2.75. The van der Waals surface area contributed by atoms with Crippen molar-refractivity contribution in [3.8, 4) is 0 Å². The molecule has 2 atom stereocenters. The molecule has 1 saturated carbocycles. The number of rotatable bonds is 3. The van der Waals surface area contributed by atoms with Crippen molar-refractivity contribution in [1.29, 1.82) is 0 Å². The predicted molar refractivity (Wildman–Crippen MR) is 68.8 cm³/mol. The first-order valence-corrected chi connectivity index (χ1v) is 6.67. The number of oxazole rings is 1. The molecule has 0 radical (unpaired) electrons. The third-order valence-electron chi connectivity index (χ3n) is 3.97. The van der Waals surface area contributed by atoms with Gasteiger partial charge in [-0.3, -0.25) is 0 Å². The molecule has 0 aromatic carbocycles. The van der Waals surface area contributed by atoms with Gasteiger partial charge in [-0.1, -0.05) is 26.7 Å². The van der Waals surface area contributed by atoms with E-state index in [1.807, 2.05) is 6.92 Å². The van der Waals surface area contributed by atoms with Crippen LogP contribution in [-0.2, 0) is 0 Å². The van der Waals surface area contributed by atoms with E-state index in [1.165, 1.54) is 25.7 Å². The van der Waals surface area contributed by atoms with Gasteiger partial charge in [0.25, 0.3) is 0 Å². The summed E-state index contributed by atoms with van der Waals surface area (Å²) >= 11 is 0. The first kappa shape index (κ1) is 12.6. The molecular weight excluding hydrogens is 212 g/mol. The van der Waals surface area contributed by atoms with Gasteiger partial charge in [0.05, 0.1) is 12.2 Å². The highest BCUT2D eigenvalue weighted by Crippen LogP contribution is 2.36. The second-order valence-electron chi connectivity index (χ2n) is 5.98. The van der Waals surface area contributed by atoms with Gasteiger partial charge in [0.1, 0.15) is 5.76 Å². The summed E-state index contributed by atoms with van der Waals surface area (Å²) in [5.41, 5.74) is 0.383. The van der Waals surface area contributed by atoms with Crippen LogP contribution in [0, 0.1) is 12.3 Å². The Kier molecular flexibility index (Phi) is 3.57. The fraction of sp³-hybridized carbons (Fsp3) is 0.786. The monoisotopic (exact) mass is 236 g/mol. The van der Waals surface area contributed by atoms with Gasteiger partial charge in [-0.05, 0) is 32.1 Å². The Balaban J connectivity index is 2.00. The highest BCUT2D eigenvalue weighted by molar-refractivity contribution is 4.97. The topological polar surface area (TPSA) is 38.1 Å². The van der Waals surface area contributed by atoms with E-state index in [0.717, 1.165) is 11.7 Å². The number of aryl methyl sites for hydroxylation is 1. The number of nitrogens with zero attached hydrogens (tertiary/aromatic N) is 1. The molecule has 17 heavy (non-hydrogen) atoms. The minimum absolute atomic E-state index is 0.200. The molecule has 1 aliphatic carbocycles. The van der Waals surface area contributed by atoms with Gasteiger partial charge in [-0.2, -0.15) is 0 Å². The molecule has 0 bridgehead atoms. The molecule has 1 aromatic rings. The molecular formula is C14H24N2O. The van der Waals surface area contributed by atoms with Crippen molar-refractivity contribution in [2.45, 2.75) is 65.5 Å². The molecule has 2 rings (SSSR count). The van der Waals surface area contributed by atoms with Crippen LogP contribution in [0.5, 0.6) is 0 Å². The predicted octanol–water partition coefficient (Wildman–Crippen LogP) is 3.60. The Bertz CT molecular complexity index is 370. The maximum atomic E-state index is 5.58. The molecule has 1 aliphatic rings. The zero-order chi connectivity index (χ0) is 12.5. The Morgan fingerprint density at radius 1 is 1.47 bits per heavy atom. The maximum absolute atomic E-state index is 5.58. The van der Waals surface area contributed by atoms with Gasteiger partial charge < -0.3 is 9.73 Å². The number of hydrogen-bond acceptors (Lipinski definition) is 3. The van der Waals surface area contributed by atoms with Crippen LogP contribution in [0.4, 0.5) is 0 Å². The van der Waals surface area contributed by atoms with E-state index in [0.29, 0.717) is 11.5 Å². The van der Waals surface area contributed by atoms with E-state index in [1.54, 1.807) is 6.20 Å². The molecule has 2 unspecified atom stereocenters. The average molecular weight is 236 g/mol. The Morgan fingerprint density at radius 3 is 2.82 bits per heavy atom. The molecule has 0 amide bonds. The minimum Gasteiger partial charge on any atom is -0.444 e. The summed E-state index contributed by atoms with van der Waals surface area (Å²) in [6, 6.07) is 0.768. The molecule has 3 heteroatoms. The smallest absolute Gasteiger partial charge is 0.211 e. The van der Waals surface area contributed by atoms with Gasteiger partial charge >= 0.3 is 0 Å². The van der Waals surface area contributed by atoms with Crippen LogP contribution in [0.15, 0.2) is 10.6 Å². The fourth-order valence-electron chi connectivity index (χ4n) is 2.75. The first-order chi connectivity index (χ1) is 7.99. The number of hydrogen-bond donors (Lipinski definition) is 1. The quantitative estimate of drug-likeness (QED) is 0.871. The summed E-state index contributed by atoms with van der Waals surface area (Å²) in [6.45, 7) is 8.79. The van der Waals surface area contributed by atoms with Gasteiger partial charge in [-0.15, -0.1) is 0 Å². The van der Waals surface area contributed by atoms with Crippen LogP contribution >= 0.6 is 0 Å². The summed E-state index contributed by atoms with van der Waals surface area (Å²) in [7, 11) is 0. The van der Waals surface area contributed by atoms with Crippen molar-refractivity contribution in [3.63, 3.8) is 0 Å². The molecule has 0 spiro atoms. The molecule has 1 aromatic heterocycles.